The van der Waals surface area contributed by atoms with Crippen LogP contribution in [-0.4, -0.2) is 39.7 Å². The van der Waals surface area contributed by atoms with E-state index < -0.39 is 0 Å². The first-order valence-electron chi connectivity index (χ1n) is 8.43. The van der Waals surface area contributed by atoms with Gasteiger partial charge in [0.1, 0.15) is 5.82 Å². The van der Waals surface area contributed by atoms with Gasteiger partial charge in [-0.15, -0.1) is 0 Å². The summed E-state index contributed by atoms with van der Waals surface area (Å²) >= 11 is 0. The highest BCUT2D eigenvalue weighted by Crippen LogP contribution is 2.18. The number of nitrogens with one attached hydrogen (secondary N) is 1. The summed E-state index contributed by atoms with van der Waals surface area (Å²) in [6.07, 6.45) is 7.15. The van der Waals surface area contributed by atoms with E-state index in [9.17, 15) is 9.18 Å². The van der Waals surface area contributed by atoms with Crippen LogP contribution in [0, 0.1) is 5.82 Å². The van der Waals surface area contributed by atoms with Gasteiger partial charge in [-0.25, -0.2) is 4.39 Å². The topological polar surface area (TPSA) is 50.2 Å². The monoisotopic (exact) mass is 330 g/mol. The summed E-state index contributed by atoms with van der Waals surface area (Å²) in [6, 6.07) is 8.46. The zero-order valence-electron chi connectivity index (χ0n) is 13.7. The molecule has 0 spiro atoms. The van der Waals surface area contributed by atoms with Crippen LogP contribution in [0.2, 0.25) is 0 Å². The predicted molar refractivity (Wildman–Crippen MR) is 89.7 cm³/mol. The number of aromatic nitrogens is 2. The Labute approximate surface area is 141 Å². The number of benzene rings is 1. The van der Waals surface area contributed by atoms with E-state index >= 15 is 0 Å². The normalized spacial score (nSPS) is 18.5. The van der Waals surface area contributed by atoms with Crippen LogP contribution in [-0.2, 0) is 17.9 Å². The lowest BCUT2D eigenvalue weighted by atomic mass is 10.0. The number of hydrogen-bond acceptors (Lipinski definition) is 3. The van der Waals surface area contributed by atoms with Gasteiger partial charge in [-0.2, -0.15) is 5.10 Å². The molecule has 1 N–H and O–H groups in total. The Bertz CT molecular complexity index is 642. The smallest absolute Gasteiger partial charge is 0.234 e. The number of halogens is 1. The number of piperidine rings is 1. The third-order valence-electron chi connectivity index (χ3n) is 4.46. The minimum atomic E-state index is -0.264. The third kappa shape index (κ3) is 4.64. The Morgan fingerprint density at radius 2 is 2.12 bits per heavy atom. The SMILES string of the molecule is O=C(CN1CCCC[C@@H]1Cn1cccn1)NCc1ccc(F)cc1. The number of amides is 1. The molecule has 1 atom stereocenters. The Morgan fingerprint density at radius 1 is 1.29 bits per heavy atom. The lowest BCUT2D eigenvalue weighted by Gasteiger charge is -2.35. The molecule has 5 nitrogen and oxygen atoms in total. The quantitative estimate of drug-likeness (QED) is 0.883. The second kappa shape index (κ2) is 8.06. The van der Waals surface area contributed by atoms with Gasteiger partial charge in [0.25, 0.3) is 0 Å². The van der Waals surface area contributed by atoms with Gasteiger partial charge in [0.15, 0.2) is 0 Å². The van der Waals surface area contributed by atoms with Crippen LogP contribution < -0.4 is 5.32 Å². The van der Waals surface area contributed by atoms with E-state index in [0.29, 0.717) is 19.1 Å². The van der Waals surface area contributed by atoms with E-state index in [2.05, 4.69) is 15.3 Å². The van der Waals surface area contributed by atoms with Gasteiger partial charge >= 0.3 is 0 Å². The van der Waals surface area contributed by atoms with Crippen molar-refractivity contribution in [3.63, 3.8) is 0 Å². The first kappa shape index (κ1) is 16.6. The zero-order valence-corrected chi connectivity index (χ0v) is 13.7. The summed E-state index contributed by atoms with van der Waals surface area (Å²) in [5.74, 6) is -0.258. The number of carbonyl (C=O) groups excluding carboxylic acids is 1. The summed E-state index contributed by atoms with van der Waals surface area (Å²) < 4.78 is 14.8. The average molecular weight is 330 g/mol. The van der Waals surface area contributed by atoms with Crippen LogP contribution in [0.15, 0.2) is 42.7 Å². The highest BCUT2D eigenvalue weighted by Gasteiger charge is 2.24. The first-order valence-corrected chi connectivity index (χ1v) is 8.43. The van der Waals surface area contributed by atoms with Crippen LogP contribution in [0.5, 0.6) is 0 Å². The molecule has 1 aliphatic rings. The van der Waals surface area contributed by atoms with Crippen molar-refractivity contribution < 1.29 is 9.18 Å². The van der Waals surface area contributed by atoms with Gasteiger partial charge < -0.3 is 5.32 Å². The van der Waals surface area contributed by atoms with Gasteiger partial charge in [0.05, 0.1) is 13.1 Å². The number of rotatable bonds is 6. The van der Waals surface area contributed by atoms with Crippen molar-refractivity contribution in [1.82, 2.24) is 20.0 Å². The van der Waals surface area contributed by atoms with Crippen molar-refractivity contribution in [2.75, 3.05) is 13.1 Å². The molecule has 1 aromatic carbocycles. The maximum Gasteiger partial charge on any atom is 0.234 e. The molecule has 0 radical (unpaired) electrons. The fourth-order valence-corrected chi connectivity index (χ4v) is 3.14. The van der Waals surface area contributed by atoms with Crippen LogP contribution in [0.4, 0.5) is 4.39 Å². The summed E-state index contributed by atoms with van der Waals surface area (Å²) in [7, 11) is 0. The average Bonchev–Trinajstić information content (AvgIpc) is 3.09. The van der Waals surface area contributed by atoms with Gasteiger partial charge in [-0.05, 0) is 43.1 Å². The van der Waals surface area contributed by atoms with Crippen LogP contribution >= 0.6 is 0 Å². The molecule has 0 saturated carbocycles. The second-order valence-electron chi connectivity index (χ2n) is 6.25. The minimum Gasteiger partial charge on any atom is -0.351 e. The molecule has 6 heteroatoms. The summed E-state index contributed by atoms with van der Waals surface area (Å²) in [4.78, 5) is 14.5. The van der Waals surface area contributed by atoms with Crippen molar-refractivity contribution in [1.29, 1.82) is 0 Å². The number of hydrogen-bond donors (Lipinski definition) is 1. The fourth-order valence-electron chi connectivity index (χ4n) is 3.14. The first-order chi connectivity index (χ1) is 11.7. The van der Waals surface area contributed by atoms with Gasteiger partial charge in [0.2, 0.25) is 5.91 Å². The number of likely N-dealkylation sites (tertiary alicyclic amines) is 1. The van der Waals surface area contributed by atoms with E-state index in [1.165, 1.54) is 18.6 Å². The standard InChI is InChI=1S/C18H23FN4O/c19-16-7-5-15(6-8-16)12-20-18(24)14-22-10-2-1-4-17(22)13-23-11-3-9-21-23/h3,5-9,11,17H,1-2,4,10,12-14H2,(H,20,24)/t17-/m1/s1. The second-order valence-corrected chi connectivity index (χ2v) is 6.25. The lowest BCUT2D eigenvalue weighted by molar-refractivity contribution is -0.123. The molecular weight excluding hydrogens is 307 g/mol. The van der Waals surface area contributed by atoms with Crippen LogP contribution in [0.3, 0.4) is 0 Å². The maximum absolute atomic E-state index is 12.9. The van der Waals surface area contributed by atoms with Crippen molar-refractivity contribution in [2.24, 2.45) is 0 Å². The van der Waals surface area contributed by atoms with Crippen molar-refractivity contribution >= 4 is 5.91 Å². The van der Waals surface area contributed by atoms with E-state index in [1.807, 2.05) is 16.9 Å². The Hall–Kier alpha value is -2.21. The Balaban J connectivity index is 1.50. The number of carbonyl (C=O) groups is 1. The van der Waals surface area contributed by atoms with Gasteiger partial charge in [-0.1, -0.05) is 18.6 Å². The predicted octanol–water partition coefficient (Wildman–Crippen LogP) is 2.19. The van der Waals surface area contributed by atoms with E-state index in [-0.39, 0.29) is 11.7 Å². The third-order valence-corrected chi connectivity index (χ3v) is 4.46. The molecule has 24 heavy (non-hydrogen) atoms. The molecule has 2 heterocycles. The molecule has 1 saturated heterocycles. The maximum atomic E-state index is 12.9. The molecule has 0 unspecified atom stereocenters. The van der Waals surface area contributed by atoms with Crippen molar-refractivity contribution in [3.8, 4) is 0 Å². The molecule has 0 bridgehead atoms. The summed E-state index contributed by atoms with van der Waals surface area (Å²) in [5, 5.41) is 7.19. The van der Waals surface area contributed by atoms with E-state index in [1.54, 1.807) is 18.3 Å². The van der Waals surface area contributed by atoms with Crippen LogP contribution in [0.1, 0.15) is 24.8 Å². The molecular formula is C18H23FN4O. The van der Waals surface area contributed by atoms with Gasteiger partial charge in [0, 0.05) is 25.0 Å². The van der Waals surface area contributed by atoms with Crippen molar-refractivity contribution in [2.45, 2.75) is 38.4 Å². The van der Waals surface area contributed by atoms with Gasteiger partial charge in [-0.3, -0.25) is 14.4 Å². The van der Waals surface area contributed by atoms with Crippen LogP contribution in [0.25, 0.3) is 0 Å². The zero-order chi connectivity index (χ0) is 16.8. The lowest BCUT2D eigenvalue weighted by Crippen LogP contribution is -2.47. The highest BCUT2D eigenvalue weighted by molar-refractivity contribution is 5.78. The molecule has 3 rings (SSSR count). The van der Waals surface area contributed by atoms with E-state index in [0.717, 1.165) is 31.5 Å². The molecule has 1 fully saturated rings. The van der Waals surface area contributed by atoms with E-state index in [4.69, 9.17) is 0 Å². The fraction of sp³-hybridized carbons (Fsp3) is 0.444. The summed E-state index contributed by atoms with van der Waals surface area (Å²) in [5.41, 5.74) is 0.900. The molecule has 1 aromatic heterocycles. The molecule has 0 aliphatic carbocycles. The largest absolute Gasteiger partial charge is 0.351 e. The number of nitrogens with zero attached hydrogens (tertiary/aromatic N) is 3. The minimum absolute atomic E-state index is 0.00619. The molecule has 1 amide bonds. The molecule has 2 aromatic rings. The Kier molecular flexibility index (Phi) is 5.59. The summed E-state index contributed by atoms with van der Waals surface area (Å²) in [6.45, 7) is 2.58. The molecule has 128 valence electrons. The molecule has 1 aliphatic heterocycles. The van der Waals surface area contributed by atoms with Crippen molar-refractivity contribution in [3.05, 3.63) is 54.1 Å². The Morgan fingerprint density at radius 3 is 2.88 bits per heavy atom. The highest BCUT2D eigenvalue weighted by atomic mass is 19.1.